The highest BCUT2D eigenvalue weighted by Crippen LogP contribution is 2.24. The van der Waals surface area contributed by atoms with Crippen molar-refractivity contribution in [3.05, 3.63) is 93.1 Å². The Morgan fingerprint density at radius 2 is 1.82 bits per heavy atom. The lowest BCUT2D eigenvalue weighted by Crippen LogP contribution is -2.23. The molecule has 7 heteroatoms. The van der Waals surface area contributed by atoms with Crippen LogP contribution in [0.5, 0.6) is 0 Å². The van der Waals surface area contributed by atoms with Crippen LogP contribution in [0, 0.1) is 6.92 Å². The highest BCUT2D eigenvalue weighted by Gasteiger charge is 2.12. The zero-order valence-corrected chi connectivity index (χ0v) is 15.8. The van der Waals surface area contributed by atoms with E-state index in [-0.39, 0.29) is 5.56 Å². The predicted octanol–water partition coefficient (Wildman–Crippen LogP) is 2.86. The summed E-state index contributed by atoms with van der Waals surface area (Å²) in [5.74, 6) is 0. The average Bonchev–Trinajstić information content (AvgIpc) is 3.41. The van der Waals surface area contributed by atoms with Crippen molar-refractivity contribution in [3.63, 3.8) is 0 Å². The summed E-state index contributed by atoms with van der Waals surface area (Å²) >= 11 is 1.32. The van der Waals surface area contributed by atoms with E-state index < -0.39 is 0 Å². The van der Waals surface area contributed by atoms with Crippen molar-refractivity contribution in [2.24, 2.45) is 0 Å². The molecule has 0 radical (unpaired) electrons. The van der Waals surface area contributed by atoms with Gasteiger partial charge in [0, 0.05) is 17.3 Å². The van der Waals surface area contributed by atoms with Crippen LogP contribution in [0.3, 0.4) is 0 Å². The van der Waals surface area contributed by atoms with Crippen LogP contribution in [0.4, 0.5) is 0 Å². The highest BCUT2D eigenvalue weighted by atomic mass is 32.1. The number of hydrogen-bond donors (Lipinski definition) is 0. The van der Waals surface area contributed by atoms with Gasteiger partial charge in [-0.25, -0.2) is 9.67 Å². The summed E-state index contributed by atoms with van der Waals surface area (Å²) in [7, 11) is 0. The molecule has 2 aromatic carbocycles. The maximum absolute atomic E-state index is 12.6. The van der Waals surface area contributed by atoms with Crippen molar-refractivity contribution < 1.29 is 0 Å². The first kappa shape index (κ1) is 16.6. The molecular formula is C21H15N5OS. The molecule has 0 amide bonds. The van der Waals surface area contributed by atoms with E-state index in [0.717, 1.165) is 22.5 Å². The Morgan fingerprint density at radius 1 is 1.04 bits per heavy atom. The van der Waals surface area contributed by atoms with Gasteiger partial charge in [0.05, 0.1) is 15.9 Å². The Labute approximate surface area is 164 Å². The van der Waals surface area contributed by atoms with E-state index in [4.69, 9.17) is 5.10 Å². The van der Waals surface area contributed by atoms with Crippen LogP contribution in [0.2, 0.25) is 0 Å². The third-order valence-electron chi connectivity index (χ3n) is 4.50. The Balaban J connectivity index is 1.73. The molecule has 0 aliphatic heterocycles. The van der Waals surface area contributed by atoms with Crippen LogP contribution in [0.25, 0.3) is 28.0 Å². The second-order valence-corrected chi connectivity index (χ2v) is 7.46. The van der Waals surface area contributed by atoms with Gasteiger partial charge < -0.3 is 0 Å². The van der Waals surface area contributed by atoms with Crippen molar-refractivity contribution in [1.29, 1.82) is 0 Å². The standard InChI is InChI=1S/C21H15N5OS/c1-14-7-9-15(10-8-14)19-16(12-25(24-19)17-5-3-2-4-6-17)11-18-20(27)26-21(28-18)22-13-23-26/h2-13H,1H3/b18-11-. The fourth-order valence-corrected chi connectivity index (χ4v) is 3.93. The molecule has 28 heavy (non-hydrogen) atoms. The third-order valence-corrected chi connectivity index (χ3v) is 5.47. The maximum atomic E-state index is 12.6. The largest absolute Gasteiger partial charge is 0.291 e. The van der Waals surface area contributed by atoms with Crippen molar-refractivity contribution in [3.8, 4) is 16.9 Å². The van der Waals surface area contributed by atoms with Gasteiger partial charge in [-0.15, -0.1) is 0 Å². The van der Waals surface area contributed by atoms with Crippen molar-refractivity contribution in [2.45, 2.75) is 6.92 Å². The third kappa shape index (κ3) is 2.82. The first-order valence-electron chi connectivity index (χ1n) is 8.75. The second kappa shape index (κ2) is 6.54. The summed E-state index contributed by atoms with van der Waals surface area (Å²) in [5.41, 5.74) is 4.67. The number of aryl methyl sites for hydroxylation is 1. The minimum absolute atomic E-state index is 0.167. The minimum Gasteiger partial charge on any atom is -0.266 e. The zero-order chi connectivity index (χ0) is 19.1. The molecule has 6 nitrogen and oxygen atoms in total. The molecule has 0 unspecified atom stereocenters. The smallest absolute Gasteiger partial charge is 0.266 e. The van der Waals surface area contributed by atoms with Gasteiger partial charge in [-0.2, -0.15) is 14.7 Å². The van der Waals surface area contributed by atoms with E-state index >= 15 is 0 Å². The van der Waals surface area contributed by atoms with Gasteiger partial charge >= 0.3 is 0 Å². The van der Waals surface area contributed by atoms with Gasteiger partial charge in [0.2, 0.25) is 4.96 Å². The molecule has 0 N–H and O–H groups in total. The molecule has 0 bridgehead atoms. The lowest BCUT2D eigenvalue weighted by atomic mass is 10.1. The van der Waals surface area contributed by atoms with Gasteiger partial charge in [0.25, 0.3) is 5.56 Å². The number of aromatic nitrogens is 5. The van der Waals surface area contributed by atoms with Crippen LogP contribution < -0.4 is 10.1 Å². The van der Waals surface area contributed by atoms with E-state index in [2.05, 4.69) is 29.1 Å². The molecule has 5 aromatic rings. The molecule has 0 fully saturated rings. The average molecular weight is 385 g/mol. The molecule has 0 spiro atoms. The van der Waals surface area contributed by atoms with Crippen molar-refractivity contribution >= 4 is 22.4 Å². The molecule has 3 aromatic heterocycles. The summed E-state index contributed by atoms with van der Waals surface area (Å²) < 4.78 is 3.74. The molecule has 0 atom stereocenters. The van der Waals surface area contributed by atoms with Gasteiger partial charge in [-0.3, -0.25) is 4.79 Å². The molecule has 0 saturated carbocycles. The fourth-order valence-electron chi connectivity index (χ4n) is 3.06. The van der Waals surface area contributed by atoms with Crippen LogP contribution in [0.15, 0.2) is 71.9 Å². The van der Waals surface area contributed by atoms with Crippen LogP contribution in [-0.4, -0.2) is 24.4 Å². The lowest BCUT2D eigenvalue weighted by Gasteiger charge is -2.01. The van der Waals surface area contributed by atoms with Crippen LogP contribution in [-0.2, 0) is 0 Å². The number of rotatable bonds is 3. The van der Waals surface area contributed by atoms with E-state index in [1.165, 1.54) is 27.7 Å². The molecule has 5 rings (SSSR count). The van der Waals surface area contributed by atoms with E-state index in [0.29, 0.717) is 9.49 Å². The number of thiazole rings is 1. The summed E-state index contributed by atoms with van der Waals surface area (Å²) in [6.45, 7) is 2.05. The van der Waals surface area contributed by atoms with E-state index in [9.17, 15) is 4.79 Å². The quantitative estimate of drug-likeness (QED) is 0.479. The Kier molecular flexibility index (Phi) is 3.87. The molecule has 0 saturated heterocycles. The second-order valence-electron chi connectivity index (χ2n) is 6.45. The molecule has 0 aliphatic rings. The normalized spacial score (nSPS) is 12.1. The van der Waals surface area contributed by atoms with Crippen molar-refractivity contribution in [1.82, 2.24) is 24.4 Å². The zero-order valence-electron chi connectivity index (χ0n) is 15.0. The van der Waals surface area contributed by atoms with Gasteiger partial charge in [-0.1, -0.05) is 59.4 Å². The van der Waals surface area contributed by atoms with E-state index in [1.807, 2.05) is 59.4 Å². The Morgan fingerprint density at radius 3 is 2.57 bits per heavy atom. The Bertz CT molecular complexity index is 1380. The highest BCUT2D eigenvalue weighted by molar-refractivity contribution is 7.15. The fraction of sp³-hybridized carbons (Fsp3) is 0.0476. The summed E-state index contributed by atoms with van der Waals surface area (Å²) in [5, 5.41) is 8.78. The number of fused-ring (bicyclic) bond motifs is 1. The predicted molar refractivity (Wildman–Crippen MR) is 110 cm³/mol. The topological polar surface area (TPSA) is 65.1 Å². The molecule has 136 valence electrons. The number of nitrogens with zero attached hydrogens (tertiary/aromatic N) is 5. The van der Waals surface area contributed by atoms with Gasteiger partial charge in [-0.05, 0) is 25.1 Å². The lowest BCUT2D eigenvalue weighted by molar-refractivity contribution is 0.884. The first-order valence-corrected chi connectivity index (χ1v) is 9.57. The first-order chi connectivity index (χ1) is 13.7. The Hall–Kier alpha value is -3.58. The molecule has 3 heterocycles. The summed E-state index contributed by atoms with van der Waals surface area (Å²) in [4.78, 5) is 17.3. The van der Waals surface area contributed by atoms with Gasteiger partial charge in [0.15, 0.2) is 0 Å². The van der Waals surface area contributed by atoms with Crippen LogP contribution in [0.1, 0.15) is 11.1 Å². The monoisotopic (exact) mass is 385 g/mol. The number of benzene rings is 2. The summed E-state index contributed by atoms with van der Waals surface area (Å²) in [6, 6.07) is 18.1. The SMILES string of the molecule is Cc1ccc(-c2nn(-c3ccccc3)cc2/C=c2\sc3ncnn3c2=O)cc1. The maximum Gasteiger partial charge on any atom is 0.291 e. The molecule has 0 aliphatic carbocycles. The number of para-hydroxylation sites is 1. The summed E-state index contributed by atoms with van der Waals surface area (Å²) in [6.07, 6.45) is 5.20. The number of hydrogen-bond acceptors (Lipinski definition) is 5. The van der Waals surface area contributed by atoms with Crippen LogP contribution >= 0.6 is 11.3 Å². The van der Waals surface area contributed by atoms with E-state index in [1.54, 1.807) is 0 Å². The van der Waals surface area contributed by atoms with Gasteiger partial charge in [0.1, 0.15) is 6.33 Å². The van der Waals surface area contributed by atoms with Crippen molar-refractivity contribution in [2.75, 3.05) is 0 Å². The molecular weight excluding hydrogens is 370 g/mol. The minimum atomic E-state index is -0.167.